The van der Waals surface area contributed by atoms with Crippen LogP contribution in [0.5, 0.6) is 0 Å². The van der Waals surface area contributed by atoms with Crippen molar-refractivity contribution in [2.75, 3.05) is 13.2 Å². The van der Waals surface area contributed by atoms with E-state index in [1.165, 1.54) is 0 Å². The minimum atomic E-state index is -0.966. The number of benzene rings is 1. The van der Waals surface area contributed by atoms with Gasteiger partial charge in [0.15, 0.2) is 0 Å². The first kappa shape index (κ1) is 15.1. The zero-order chi connectivity index (χ0) is 13.8. The van der Waals surface area contributed by atoms with Gasteiger partial charge in [-0.1, -0.05) is 28.9 Å². The zero-order valence-corrected chi connectivity index (χ0v) is 12.1. The number of nitrogens with one attached hydrogen (secondary N) is 1. The average Bonchev–Trinajstić information content (AvgIpc) is 2.38. The van der Waals surface area contributed by atoms with E-state index in [-0.39, 0.29) is 19.1 Å². The van der Waals surface area contributed by atoms with Gasteiger partial charge in [0.2, 0.25) is 0 Å². The molecule has 0 aliphatic rings. The number of rotatable bonds is 5. The third-order valence-electron chi connectivity index (χ3n) is 3.11. The summed E-state index contributed by atoms with van der Waals surface area (Å²) in [5.41, 5.74) is 0.409. The molecule has 1 aromatic rings. The monoisotopic (exact) mass is 315 g/mol. The van der Waals surface area contributed by atoms with Crippen molar-refractivity contribution in [3.8, 4) is 0 Å². The third kappa shape index (κ3) is 3.31. The lowest BCUT2D eigenvalue weighted by Gasteiger charge is -2.30. The van der Waals surface area contributed by atoms with Gasteiger partial charge in [-0.05, 0) is 31.0 Å². The molecule has 100 valence electrons. The maximum absolute atomic E-state index is 12.2. The molecule has 0 aliphatic heterocycles. The molecule has 0 bridgehead atoms. The van der Waals surface area contributed by atoms with Gasteiger partial charge in [0.05, 0.1) is 18.8 Å². The van der Waals surface area contributed by atoms with Crippen molar-refractivity contribution in [2.45, 2.75) is 25.8 Å². The smallest absolute Gasteiger partial charge is 0.252 e. The number of carbonyl (C=O) groups excluding carboxylic acids is 1. The van der Waals surface area contributed by atoms with Crippen LogP contribution in [0.15, 0.2) is 22.7 Å². The molecular formula is C13H18BrNO3. The second kappa shape index (κ2) is 6.31. The summed E-state index contributed by atoms with van der Waals surface area (Å²) in [6.45, 7) is 3.06. The third-order valence-corrected chi connectivity index (χ3v) is 3.60. The van der Waals surface area contributed by atoms with Gasteiger partial charge in [-0.2, -0.15) is 0 Å². The number of hydrogen-bond acceptors (Lipinski definition) is 3. The fourth-order valence-electron chi connectivity index (χ4n) is 1.59. The zero-order valence-electron chi connectivity index (χ0n) is 10.5. The van der Waals surface area contributed by atoms with Gasteiger partial charge in [0.25, 0.3) is 5.91 Å². The Hall–Kier alpha value is -0.910. The van der Waals surface area contributed by atoms with Crippen LogP contribution < -0.4 is 5.32 Å². The van der Waals surface area contributed by atoms with Crippen molar-refractivity contribution in [3.63, 3.8) is 0 Å². The summed E-state index contributed by atoms with van der Waals surface area (Å²) in [6.07, 6.45) is 0.457. The summed E-state index contributed by atoms with van der Waals surface area (Å²) in [5.74, 6) is -0.293. The van der Waals surface area contributed by atoms with Crippen LogP contribution in [-0.4, -0.2) is 34.9 Å². The Morgan fingerprint density at radius 2 is 2.00 bits per heavy atom. The number of halogens is 1. The maximum atomic E-state index is 12.2. The first-order valence-corrected chi connectivity index (χ1v) is 6.57. The standard InChI is InChI=1S/C13H18BrNO3/c1-3-13(7-16,8-17)15-12(18)11-6-10(14)5-4-9(11)2/h4-6,16-17H,3,7-8H2,1-2H3,(H,15,18). The Morgan fingerprint density at radius 3 is 2.50 bits per heavy atom. The minimum absolute atomic E-state index is 0.293. The maximum Gasteiger partial charge on any atom is 0.252 e. The van der Waals surface area contributed by atoms with E-state index < -0.39 is 5.54 Å². The van der Waals surface area contributed by atoms with E-state index in [0.717, 1.165) is 10.0 Å². The molecule has 0 fully saturated rings. The number of aryl methyl sites for hydroxylation is 1. The quantitative estimate of drug-likeness (QED) is 0.773. The Labute approximate surface area is 115 Å². The van der Waals surface area contributed by atoms with Gasteiger partial charge in [0.1, 0.15) is 0 Å². The molecular weight excluding hydrogens is 298 g/mol. The molecule has 18 heavy (non-hydrogen) atoms. The van der Waals surface area contributed by atoms with Crippen LogP contribution in [0.25, 0.3) is 0 Å². The highest BCUT2D eigenvalue weighted by molar-refractivity contribution is 9.10. The van der Waals surface area contributed by atoms with Crippen LogP contribution in [0, 0.1) is 6.92 Å². The van der Waals surface area contributed by atoms with E-state index >= 15 is 0 Å². The number of aliphatic hydroxyl groups is 2. The second-order valence-corrected chi connectivity index (χ2v) is 5.28. The number of aliphatic hydroxyl groups excluding tert-OH is 2. The molecule has 1 aromatic carbocycles. The van der Waals surface area contributed by atoms with Gasteiger partial charge in [-0.15, -0.1) is 0 Å². The number of hydrogen-bond donors (Lipinski definition) is 3. The van der Waals surface area contributed by atoms with Crippen molar-refractivity contribution in [3.05, 3.63) is 33.8 Å². The molecule has 1 rings (SSSR count). The normalized spacial score (nSPS) is 11.4. The highest BCUT2D eigenvalue weighted by Gasteiger charge is 2.29. The summed E-state index contributed by atoms with van der Waals surface area (Å²) in [5, 5.41) is 21.3. The van der Waals surface area contributed by atoms with Gasteiger partial charge in [0, 0.05) is 10.0 Å². The fraction of sp³-hybridized carbons (Fsp3) is 0.462. The van der Waals surface area contributed by atoms with Crippen molar-refractivity contribution in [2.24, 2.45) is 0 Å². The molecule has 0 spiro atoms. The van der Waals surface area contributed by atoms with Crippen LogP contribution in [0.1, 0.15) is 29.3 Å². The summed E-state index contributed by atoms with van der Waals surface area (Å²) < 4.78 is 0.813. The van der Waals surface area contributed by atoms with Crippen LogP contribution in [-0.2, 0) is 0 Å². The molecule has 1 amide bonds. The van der Waals surface area contributed by atoms with E-state index in [0.29, 0.717) is 12.0 Å². The van der Waals surface area contributed by atoms with Crippen molar-refractivity contribution < 1.29 is 15.0 Å². The SMILES string of the molecule is CCC(CO)(CO)NC(=O)c1cc(Br)ccc1C. The highest BCUT2D eigenvalue weighted by Crippen LogP contribution is 2.17. The Bertz CT molecular complexity index is 422. The predicted octanol–water partition coefficient (Wildman–Crippen LogP) is 1.62. The van der Waals surface area contributed by atoms with E-state index in [2.05, 4.69) is 21.2 Å². The van der Waals surface area contributed by atoms with Crippen LogP contribution in [0.4, 0.5) is 0 Å². The number of carbonyl (C=O) groups is 1. The average molecular weight is 316 g/mol. The van der Waals surface area contributed by atoms with E-state index in [9.17, 15) is 15.0 Å². The van der Waals surface area contributed by atoms with Gasteiger partial charge >= 0.3 is 0 Å². The molecule has 0 saturated heterocycles. The lowest BCUT2D eigenvalue weighted by Crippen LogP contribution is -2.53. The van der Waals surface area contributed by atoms with Crippen LogP contribution in [0.3, 0.4) is 0 Å². The van der Waals surface area contributed by atoms with Crippen molar-refractivity contribution >= 4 is 21.8 Å². The molecule has 3 N–H and O–H groups in total. The first-order chi connectivity index (χ1) is 8.48. The second-order valence-electron chi connectivity index (χ2n) is 4.36. The molecule has 0 atom stereocenters. The van der Waals surface area contributed by atoms with Crippen LogP contribution >= 0.6 is 15.9 Å². The van der Waals surface area contributed by atoms with Crippen molar-refractivity contribution in [1.29, 1.82) is 0 Å². The molecule has 0 aliphatic carbocycles. The first-order valence-electron chi connectivity index (χ1n) is 5.78. The molecule has 0 heterocycles. The summed E-state index contributed by atoms with van der Waals surface area (Å²) >= 11 is 3.32. The lowest BCUT2D eigenvalue weighted by molar-refractivity contribution is 0.0652. The van der Waals surface area contributed by atoms with E-state index in [1.54, 1.807) is 13.0 Å². The lowest BCUT2D eigenvalue weighted by atomic mass is 9.97. The molecule has 0 unspecified atom stereocenters. The minimum Gasteiger partial charge on any atom is -0.394 e. The van der Waals surface area contributed by atoms with E-state index in [4.69, 9.17) is 0 Å². The van der Waals surface area contributed by atoms with Gasteiger partial charge in [-0.25, -0.2) is 0 Å². The molecule has 0 saturated carbocycles. The molecule has 0 radical (unpaired) electrons. The molecule has 5 heteroatoms. The largest absolute Gasteiger partial charge is 0.394 e. The predicted molar refractivity (Wildman–Crippen MR) is 73.5 cm³/mol. The Kier molecular flexibility index (Phi) is 5.31. The van der Waals surface area contributed by atoms with Crippen LogP contribution in [0.2, 0.25) is 0 Å². The molecule has 0 aromatic heterocycles. The topological polar surface area (TPSA) is 69.6 Å². The summed E-state index contributed by atoms with van der Waals surface area (Å²) in [7, 11) is 0. The highest BCUT2D eigenvalue weighted by atomic mass is 79.9. The fourth-order valence-corrected chi connectivity index (χ4v) is 1.95. The Morgan fingerprint density at radius 1 is 1.39 bits per heavy atom. The van der Waals surface area contributed by atoms with Gasteiger partial charge < -0.3 is 15.5 Å². The summed E-state index contributed by atoms with van der Waals surface area (Å²) in [4.78, 5) is 12.2. The summed E-state index contributed by atoms with van der Waals surface area (Å²) in [6, 6.07) is 5.42. The Balaban J connectivity index is 2.97. The van der Waals surface area contributed by atoms with Crippen molar-refractivity contribution in [1.82, 2.24) is 5.32 Å². The number of amides is 1. The van der Waals surface area contributed by atoms with Gasteiger partial charge in [-0.3, -0.25) is 4.79 Å². The molecule has 4 nitrogen and oxygen atoms in total. The van der Waals surface area contributed by atoms with E-state index in [1.807, 2.05) is 19.1 Å².